The number of rotatable bonds is 23. The average molecular weight is 827 g/mol. The summed E-state index contributed by atoms with van der Waals surface area (Å²) in [6.45, 7) is 5.30. The number of nitrogens with zero attached hydrogens (tertiary/aromatic N) is 2. The van der Waals surface area contributed by atoms with Crippen LogP contribution in [0.15, 0.2) is 72.8 Å². The van der Waals surface area contributed by atoms with E-state index in [0.29, 0.717) is 17.0 Å². The van der Waals surface area contributed by atoms with Crippen molar-refractivity contribution in [2.24, 2.45) is 0 Å². The van der Waals surface area contributed by atoms with Gasteiger partial charge < -0.3 is 49.6 Å². The van der Waals surface area contributed by atoms with Gasteiger partial charge in [-0.3, -0.25) is 0 Å². The number of aromatic nitrogens is 2. The van der Waals surface area contributed by atoms with Crippen molar-refractivity contribution in [3.05, 3.63) is 106 Å². The number of hydrogen-bond donors (Lipinski definition) is 5. The molecule has 0 saturated carbocycles. The van der Waals surface area contributed by atoms with E-state index in [0.717, 1.165) is 39.5 Å². The summed E-state index contributed by atoms with van der Waals surface area (Å²) < 4.78 is 70.3. The molecule has 0 saturated heterocycles. The summed E-state index contributed by atoms with van der Waals surface area (Å²) >= 11 is 0. The van der Waals surface area contributed by atoms with Crippen LogP contribution in [-0.4, -0.2) is 95.4 Å². The summed E-state index contributed by atoms with van der Waals surface area (Å²) in [5.41, 5.74) is 4.18. The van der Waals surface area contributed by atoms with E-state index in [9.17, 15) is 28.6 Å². The molecule has 0 radical (unpaired) electrons. The van der Waals surface area contributed by atoms with E-state index in [2.05, 4.69) is 20.6 Å². The monoisotopic (exact) mass is 826 g/mol. The van der Waals surface area contributed by atoms with Gasteiger partial charge >= 0.3 is 17.9 Å². The number of pyridine rings is 2. The van der Waals surface area contributed by atoms with E-state index >= 15 is 4.39 Å². The summed E-state index contributed by atoms with van der Waals surface area (Å²) in [6.07, 6.45) is -1.43. The van der Waals surface area contributed by atoms with Gasteiger partial charge in [-0.05, 0) is 72.4 Å². The number of benzene rings is 2. The summed E-state index contributed by atoms with van der Waals surface area (Å²) in [6, 6.07) is 18.5. The number of aliphatic carboxylic acids is 2. The highest BCUT2D eigenvalue weighted by molar-refractivity contribution is 5.81. The van der Waals surface area contributed by atoms with Crippen molar-refractivity contribution < 1.29 is 61.8 Å². The zero-order valence-corrected chi connectivity index (χ0v) is 33.6. The third kappa shape index (κ3) is 11.3. The Labute approximate surface area is 340 Å². The van der Waals surface area contributed by atoms with Gasteiger partial charge in [-0.2, -0.15) is 18.7 Å². The zero-order chi connectivity index (χ0) is 43.3. The normalized spacial score (nSPS) is 13.7. The predicted octanol–water partition coefficient (Wildman–Crippen LogP) is 5.58. The van der Waals surface area contributed by atoms with Gasteiger partial charge in [0.1, 0.15) is 25.4 Å². The smallest absolute Gasteiger partial charge is 0.377 e. The van der Waals surface area contributed by atoms with Gasteiger partial charge in [0, 0.05) is 56.5 Å². The first-order valence-corrected chi connectivity index (χ1v) is 18.4. The first-order valence-electron chi connectivity index (χ1n) is 18.4. The molecule has 0 aliphatic rings. The second-order valence-corrected chi connectivity index (χ2v) is 13.4. The van der Waals surface area contributed by atoms with Crippen molar-refractivity contribution in [3.63, 3.8) is 0 Å². The molecule has 4 aromatic rings. The van der Waals surface area contributed by atoms with Crippen LogP contribution in [0, 0.1) is 13.8 Å². The largest absolute Gasteiger partial charge is 0.481 e. The van der Waals surface area contributed by atoms with Crippen LogP contribution in [0.1, 0.15) is 40.3 Å². The third-order valence-corrected chi connectivity index (χ3v) is 9.64. The Balaban J connectivity index is 1.39. The Hall–Kier alpha value is -5.75. The van der Waals surface area contributed by atoms with E-state index in [-0.39, 0.29) is 50.5 Å². The summed E-state index contributed by atoms with van der Waals surface area (Å²) in [7, 11) is 4.10. The molecule has 59 heavy (non-hydrogen) atoms. The van der Waals surface area contributed by atoms with Crippen molar-refractivity contribution in [3.8, 4) is 34.6 Å². The molecule has 3 atom stereocenters. The van der Waals surface area contributed by atoms with Gasteiger partial charge in [0.25, 0.3) is 5.67 Å². The van der Waals surface area contributed by atoms with Crippen molar-refractivity contribution in [2.75, 3.05) is 34.4 Å². The second-order valence-electron chi connectivity index (χ2n) is 13.4. The topological polar surface area (TPSA) is 191 Å². The van der Waals surface area contributed by atoms with Crippen LogP contribution in [0.4, 0.5) is 13.2 Å². The number of carboxylic acid groups (broad SMARTS) is 2. The molecular weight excluding hydrogens is 777 g/mol. The van der Waals surface area contributed by atoms with Crippen molar-refractivity contribution >= 4 is 11.9 Å². The quantitative estimate of drug-likeness (QED) is 0.0583. The molecule has 0 bridgehead atoms. The number of carboxylic acids is 2. The minimum absolute atomic E-state index is 0.0287. The van der Waals surface area contributed by atoms with Gasteiger partial charge in [0.05, 0.1) is 14.2 Å². The molecule has 0 aliphatic heterocycles. The first kappa shape index (κ1) is 45.9. The highest BCUT2D eigenvalue weighted by atomic mass is 19.3. The molecule has 0 amide bonds. The Morgan fingerprint density at radius 2 is 1.20 bits per heavy atom. The van der Waals surface area contributed by atoms with Crippen LogP contribution in [0.3, 0.4) is 0 Å². The molecule has 2 heterocycles. The number of hydrogen-bond acceptors (Lipinski definition) is 12. The fraction of sp³-hybridized carbons (Fsp3) is 0.381. The minimum atomic E-state index is -4.30. The van der Waals surface area contributed by atoms with Gasteiger partial charge in [-0.15, -0.1) is 0 Å². The number of methoxy groups -OCH3 is 3. The van der Waals surface area contributed by atoms with E-state index in [1.54, 1.807) is 24.3 Å². The number of nitrogens with one attached hydrogen (secondary N) is 2. The fourth-order valence-corrected chi connectivity index (χ4v) is 6.17. The standard InChI is InChI=1S/C42H49F3N4O10/c1-7-18-41(43,39(51)52)34(55-4)22-47-20-28-15-17-36(49-38(28)57-6)59-24-30-11-9-13-32(26(30)3)31-12-8-10-29(25(31)2)23-58-35-16-14-27(37(48-35)56-5)19-46-21-33(50)42(44,45)40(53)54/h7-18,33-34,46-47,50H,19-24H2,1-6H3,(H,51,52)(H,53,54)/b18-7+. The molecule has 17 heteroatoms. The minimum Gasteiger partial charge on any atom is -0.481 e. The highest BCUT2D eigenvalue weighted by Gasteiger charge is 2.47. The lowest BCUT2D eigenvalue weighted by Gasteiger charge is -2.26. The summed E-state index contributed by atoms with van der Waals surface area (Å²) in [5, 5.41) is 33.3. The van der Waals surface area contributed by atoms with Crippen molar-refractivity contribution in [1.29, 1.82) is 0 Å². The maximum atomic E-state index is 15.2. The molecular formula is C42H49F3N4O10. The number of allylic oxidation sites excluding steroid dienone is 1. The zero-order valence-electron chi connectivity index (χ0n) is 33.6. The fourth-order valence-electron chi connectivity index (χ4n) is 6.17. The molecule has 0 aliphatic carbocycles. The van der Waals surface area contributed by atoms with E-state index < -0.39 is 42.3 Å². The van der Waals surface area contributed by atoms with E-state index in [4.69, 9.17) is 28.8 Å². The summed E-state index contributed by atoms with van der Waals surface area (Å²) in [4.78, 5) is 31.2. The maximum absolute atomic E-state index is 15.2. The number of aliphatic hydroxyl groups is 1. The van der Waals surface area contributed by atoms with Crippen LogP contribution < -0.4 is 29.6 Å². The number of aliphatic hydroxyl groups excluding tert-OH is 1. The first-order chi connectivity index (χ1) is 28.1. The van der Waals surface area contributed by atoms with Gasteiger partial charge in [-0.25, -0.2) is 14.0 Å². The molecule has 5 N–H and O–H groups in total. The van der Waals surface area contributed by atoms with Gasteiger partial charge in [0.2, 0.25) is 23.5 Å². The lowest BCUT2D eigenvalue weighted by molar-refractivity contribution is -0.181. The number of ether oxygens (including phenoxy) is 5. The van der Waals surface area contributed by atoms with Crippen LogP contribution in [0.2, 0.25) is 0 Å². The number of alkyl halides is 3. The predicted molar refractivity (Wildman–Crippen MR) is 211 cm³/mol. The van der Waals surface area contributed by atoms with Crippen LogP contribution in [0.5, 0.6) is 23.5 Å². The Kier molecular flexibility index (Phi) is 16.2. The van der Waals surface area contributed by atoms with Gasteiger partial charge in [0.15, 0.2) is 0 Å². The van der Waals surface area contributed by atoms with Crippen molar-refractivity contribution in [2.45, 2.75) is 70.9 Å². The number of halogens is 3. The molecule has 318 valence electrons. The molecule has 4 rings (SSSR count). The average Bonchev–Trinajstić information content (AvgIpc) is 3.22. The third-order valence-electron chi connectivity index (χ3n) is 9.64. The lowest BCUT2D eigenvalue weighted by Crippen LogP contribution is -2.49. The Morgan fingerprint density at radius 3 is 1.61 bits per heavy atom. The molecule has 2 aromatic carbocycles. The SMILES string of the molecule is C/C=C/C(F)(C(=O)O)C(CNCc1ccc(OCc2cccc(-c3cccc(COc4ccc(CNCC(O)C(F)(F)C(=O)O)c(OC)n4)c3C)c2C)nc1OC)OC. The van der Waals surface area contributed by atoms with E-state index in [1.165, 1.54) is 34.3 Å². The van der Waals surface area contributed by atoms with Gasteiger partial charge in [-0.1, -0.05) is 42.5 Å². The lowest BCUT2D eigenvalue weighted by atomic mass is 9.92. The van der Waals surface area contributed by atoms with Crippen molar-refractivity contribution in [1.82, 2.24) is 20.6 Å². The molecule has 3 unspecified atom stereocenters. The molecule has 0 fully saturated rings. The van der Waals surface area contributed by atoms with Crippen LogP contribution >= 0.6 is 0 Å². The number of carbonyl (C=O) groups is 2. The summed E-state index contributed by atoms with van der Waals surface area (Å²) in [5.74, 6) is -7.35. The second kappa shape index (κ2) is 20.8. The molecule has 14 nitrogen and oxygen atoms in total. The Morgan fingerprint density at radius 1 is 0.729 bits per heavy atom. The maximum Gasteiger partial charge on any atom is 0.377 e. The van der Waals surface area contributed by atoms with E-state index in [1.807, 2.05) is 50.2 Å². The van der Waals surface area contributed by atoms with Crippen LogP contribution in [-0.2, 0) is 40.6 Å². The molecule has 2 aromatic heterocycles. The Bertz CT molecular complexity index is 2100. The highest BCUT2D eigenvalue weighted by Crippen LogP contribution is 2.32. The van der Waals surface area contributed by atoms with Crippen LogP contribution in [0.25, 0.3) is 11.1 Å². The molecule has 0 spiro atoms.